The van der Waals surface area contributed by atoms with E-state index < -0.39 is 18.6 Å². The summed E-state index contributed by atoms with van der Waals surface area (Å²) in [6, 6.07) is 1.55. The lowest BCUT2D eigenvalue weighted by Crippen LogP contribution is -2.33. The van der Waals surface area contributed by atoms with Crippen LogP contribution in [0.2, 0.25) is 0 Å². The van der Waals surface area contributed by atoms with E-state index in [1.807, 2.05) is 13.8 Å². The van der Waals surface area contributed by atoms with E-state index in [0.29, 0.717) is 0 Å². The summed E-state index contributed by atoms with van der Waals surface area (Å²) < 4.78 is 35.7. The molecule has 0 aliphatic carbocycles. The van der Waals surface area contributed by atoms with Gasteiger partial charge >= 0.3 is 6.18 Å². The molecule has 0 aliphatic rings. The van der Waals surface area contributed by atoms with E-state index in [2.05, 4.69) is 4.98 Å². The number of nitrogens with zero attached hydrogens (tertiary/aromatic N) is 1. The Balaban J connectivity index is 2.72. The maximum Gasteiger partial charge on any atom is 0.405 e. The van der Waals surface area contributed by atoms with Crippen LogP contribution in [0.3, 0.4) is 0 Å². The van der Waals surface area contributed by atoms with Crippen molar-refractivity contribution in [3.05, 3.63) is 29.6 Å². The van der Waals surface area contributed by atoms with Gasteiger partial charge in [0.25, 0.3) is 5.91 Å². The molecule has 1 aromatic heterocycles. The predicted molar refractivity (Wildman–Crippen MR) is 56.7 cm³/mol. The number of amides is 1. The predicted octanol–water partition coefficient (Wildman–Crippen LogP) is 2.50. The fraction of sp³-hybridized carbons (Fsp3) is 0.455. The van der Waals surface area contributed by atoms with Crippen LogP contribution in [0.15, 0.2) is 18.5 Å². The fourth-order valence-corrected chi connectivity index (χ4v) is 1.18. The molecule has 0 fully saturated rings. The minimum absolute atomic E-state index is 0.139. The molecular formula is C11H13F3N2O. The van der Waals surface area contributed by atoms with Crippen molar-refractivity contribution in [1.29, 1.82) is 0 Å². The van der Waals surface area contributed by atoms with E-state index in [9.17, 15) is 18.0 Å². The third-order valence-electron chi connectivity index (χ3n) is 2.14. The van der Waals surface area contributed by atoms with Crippen LogP contribution in [0.4, 0.5) is 13.2 Å². The van der Waals surface area contributed by atoms with Gasteiger partial charge in [-0.25, -0.2) is 0 Å². The maximum absolute atomic E-state index is 11.9. The third-order valence-corrected chi connectivity index (χ3v) is 2.14. The van der Waals surface area contributed by atoms with Crippen molar-refractivity contribution < 1.29 is 18.0 Å². The van der Waals surface area contributed by atoms with Crippen molar-refractivity contribution in [2.45, 2.75) is 25.9 Å². The average Bonchev–Trinajstić information content (AvgIpc) is 2.25. The second-order valence-electron chi connectivity index (χ2n) is 3.96. The standard InChI is InChI=1S/C11H13F3N2O/c1-7(2)8-3-9(5-15-4-8)10(17)16-6-11(12,13)14/h3-5,7H,6H2,1-2H3,(H,16,17). The zero-order valence-electron chi connectivity index (χ0n) is 9.51. The summed E-state index contributed by atoms with van der Waals surface area (Å²) >= 11 is 0. The molecule has 0 saturated carbocycles. The average molecular weight is 246 g/mol. The van der Waals surface area contributed by atoms with Gasteiger partial charge in [-0.2, -0.15) is 13.2 Å². The van der Waals surface area contributed by atoms with E-state index in [1.54, 1.807) is 17.6 Å². The molecule has 17 heavy (non-hydrogen) atoms. The van der Waals surface area contributed by atoms with Crippen molar-refractivity contribution in [2.24, 2.45) is 0 Å². The van der Waals surface area contributed by atoms with Crippen molar-refractivity contribution in [2.75, 3.05) is 6.54 Å². The number of carbonyl (C=O) groups excluding carboxylic acids is 1. The van der Waals surface area contributed by atoms with Gasteiger partial charge in [0.1, 0.15) is 6.54 Å². The summed E-state index contributed by atoms with van der Waals surface area (Å²) in [5, 5.41) is 1.80. The van der Waals surface area contributed by atoms with Gasteiger partial charge in [0.15, 0.2) is 0 Å². The summed E-state index contributed by atoms with van der Waals surface area (Å²) in [4.78, 5) is 15.2. The number of nitrogens with one attached hydrogen (secondary N) is 1. The molecule has 0 atom stereocenters. The topological polar surface area (TPSA) is 42.0 Å². The third kappa shape index (κ3) is 4.42. The highest BCUT2D eigenvalue weighted by Gasteiger charge is 2.27. The lowest BCUT2D eigenvalue weighted by molar-refractivity contribution is -0.123. The molecule has 0 aromatic carbocycles. The summed E-state index contributed by atoms with van der Waals surface area (Å²) in [5.74, 6) is -0.602. The largest absolute Gasteiger partial charge is 0.405 e. The first kappa shape index (κ1) is 13.5. The molecule has 6 heteroatoms. The van der Waals surface area contributed by atoms with Gasteiger partial charge in [-0.1, -0.05) is 13.8 Å². The molecule has 0 bridgehead atoms. The first-order valence-electron chi connectivity index (χ1n) is 5.09. The molecule has 0 saturated heterocycles. The summed E-state index contributed by atoms with van der Waals surface area (Å²) in [7, 11) is 0. The smallest absolute Gasteiger partial charge is 0.343 e. The summed E-state index contributed by atoms with van der Waals surface area (Å²) in [6.45, 7) is 2.49. The number of carbonyl (C=O) groups is 1. The second kappa shape index (κ2) is 5.16. The van der Waals surface area contributed by atoms with Crippen LogP contribution >= 0.6 is 0 Å². The van der Waals surface area contributed by atoms with Crippen molar-refractivity contribution in [3.63, 3.8) is 0 Å². The molecule has 0 aliphatic heterocycles. The molecule has 0 spiro atoms. The number of halogens is 3. The number of hydrogen-bond acceptors (Lipinski definition) is 2. The Labute approximate surface area is 97.0 Å². The van der Waals surface area contributed by atoms with Gasteiger partial charge in [0.05, 0.1) is 5.56 Å². The number of hydrogen-bond donors (Lipinski definition) is 1. The van der Waals surface area contributed by atoms with Gasteiger partial charge in [-0.3, -0.25) is 9.78 Å². The van der Waals surface area contributed by atoms with Gasteiger partial charge in [0.2, 0.25) is 0 Å². The van der Waals surface area contributed by atoms with Crippen molar-refractivity contribution in [3.8, 4) is 0 Å². The first-order valence-corrected chi connectivity index (χ1v) is 5.09. The highest BCUT2D eigenvalue weighted by molar-refractivity contribution is 5.94. The monoisotopic (exact) mass is 246 g/mol. The van der Waals surface area contributed by atoms with Crippen LogP contribution in [0.5, 0.6) is 0 Å². The van der Waals surface area contributed by atoms with E-state index in [4.69, 9.17) is 0 Å². The lowest BCUT2D eigenvalue weighted by atomic mass is 10.0. The molecule has 1 rings (SSSR count). The molecule has 1 amide bonds. The zero-order chi connectivity index (χ0) is 13.1. The molecule has 0 radical (unpaired) electrons. The van der Waals surface area contributed by atoms with Crippen LogP contribution in [-0.4, -0.2) is 23.6 Å². The number of rotatable bonds is 3. The molecule has 3 nitrogen and oxygen atoms in total. The second-order valence-corrected chi connectivity index (χ2v) is 3.96. The SMILES string of the molecule is CC(C)c1cncc(C(=O)NCC(F)(F)F)c1. The Bertz CT molecular complexity index is 402. The molecule has 0 unspecified atom stereocenters. The molecular weight excluding hydrogens is 233 g/mol. The Morgan fingerprint density at radius 2 is 2.06 bits per heavy atom. The highest BCUT2D eigenvalue weighted by Crippen LogP contribution is 2.15. The summed E-state index contributed by atoms with van der Waals surface area (Å²) in [6.07, 6.45) is -1.57. The Morgan fingerprint density at radius 3 is 2.59 bits per heavy atom. The maximum atomic E-state index is 11.9. The number of aromatic nitrogens is 1. The van der Waals surface area contributed by atoms with Crippen LogP contribution in [0, 0.1) is 0 Å². The Kier molecular flexibility index (Phi) is 4.09. The van der Waals surface area contributed by atoms with Crippen molar-refractivity contribution in [1.82, 2.24) is 10.3 Å². The molecule has 1 heterocycles. The quantitative estimate of drug-likeness (QED) is 0.890. The van der Waals surface area contributed by atoms with Crippen molar-refractivity contribution >= 4 is 5.91 Å². The highest BCUT2D eigenvalue weighted by atomic mass is 19.4. The van der Waals surface area contributed by atoms with E-state index in [0.717, 1.165) is 5.56 Å². The lowest BCUT2D eigenvalue weighted by Gasteiger charge is -2.09. The van der Waals surface area contributed by atoms with Gasteiger partial charge in [0, 0.05) is 12.4 Å². The van der Waals surface area contributed by atoms with Crippen LogP contribution in [0.25, 0.3) is 0 Å². The minimum Gasteiger partial charge on any atom is -0.343 e. The Hall–Kier alpha value is -1.59. The zero-order valence-corrected chi connectivity index (χ0v) is 9.51. The number of alkyl halides is 3. The van der Waals surface area contributed by atoms with Gasteiger partial charge < -0.3 is 5.32 Å². The van der Waals surface area contributed by atoms with E-state index in [1.165, 1.54) is 6.20 Å². The van der Waals surface area contributed by atoms with Crippen LogP contribution in [0.1, 0.15) is 35.7 Å². The fourth-order valence-electron chi connectivity index (χ4n) is 1.18. The Morgan fingerprint density at radius 1 is 1.41 bits per heavy atom. The van der Waals surface area contributed by atoms with Crippen LogP contribution < -0.4 is 5.32 Å². The first-order chi connectivity index (χ1) is 7.79. The minimum atomic E-state index is -4.40. The number of pyridine rings is 1. The molecule has 1 aromatic rings. The van der Waals surface area contributed by atoms with E-state index in [-0.39, 0.29) is 11.5 Å². The normalized spacial score (nSPS) is 11.6. The van der Waals surface area contributed by atoms with E-state index >= 15 is 0 Å². The van der Waals surface area contributed by atoms with Gasteiger partial charge in [-0.05, 0) is 17.5 Å². The summed E-state index contributed by atoms with van der Waals surface area (Å²) in [5.41, 5.74) is 0.949. The van der Waals surface area contributed by atoms with Gasteiger partial charge in [-0.15, -0.1) is 0 Å². The van der Waals surface area contributed by atoms with Crippen LogP contribution in [-0.2, 0) is 0 Å². The molecule has 1 N–H and O–H groups in total. The molecule has 94 valence electrons.